The molecule has 4 heteroatoms. The third-order valence-electron chi connectivity index (χ3n) is 3.25. The molecule has 0 aliphatic heterocycles. The van der Waals surface area contributed by atoms with Crippen LogP contribution in [0.15, 0.2) is 6.33 Å². The van der Waals surface area contributed by atoms with E-state index in [1.165, 1.54) is 25.7 Å². The molecule has 0 fully saturated rings. The van der Waals surface area contributed by atoms with Crippen LogP contribution < -0.4 is 5.32 Å². The van der Waals surface area contributed by atoms with Crippen LogP contribution in [0.3, 0.4) is 0 Å². The van der Waals surface area contributed by atoms with Crippen molar-refractivity contribution in [2.24, 2.45) is 5.92 Å². The third-order valence-corrected chi connectivity index (χ3v) is 3.25. The normalized spacial score (nSPS) is 13.1. The van der Waals surface area contributed by atoms with E-state index in [9.17, 15) is 0 Å². The highest BCUT2D eigenvalue weighted by Gasteiger charge is 2.13. The van der Waals surface area contributed by atoms with Gasteiger partial charge >= 0.3 is 0 Å². The van der Waals surface area contributed by atoms with Crippen molar-refractivity contribution >= 4 is 0 Å². The summed E-state index contributed by atoms with van der Waals surface area (Å²) in [7, 11) is 0. The molecule has 0 saturated carbocycles. The van der Waals surface area contributed by atoms with E-state index in [-0.39, 0.29) is 0 Å². The summed E-state index contributed by atoms with van der Waals surface area (Å²) in [5.74, 6) is 1.73. The van der Waals surface area contributed by atoms with Crippen molar-refractivity contribution in [3.8, 4) is 0 Å². The molecular weight excluding hydrogens is 236 g/mol. The molecule has 1 aromatic rings. The highest BCUT2D eigenvalue weighted by atomic mass is 15.3. The lowest BCUT2D eigenvalue weighted by Crippen LogP contribution is -2.33. The van der Waals surface area contributed by atoms with Gasteiger partial charge in [-0.25, -0.2) is 9.67 Å². The Labute approximate surface area is 118 Å². The summed E-state index contributed by atoms with van der Waals surface area (Å²) in [5, 5.41) is 7.99. The Bertz CT molecular complexity index is 325. The number of unbranched alkanes of at least 4 members (excludes halogenated alkanes) is 1. The number of nitrogens with one attached hydrogen (secondary N) is 1. The van der Waals surface area contributed by atoms with E-state index in [1.54, 1.807) is 6.33 Å². The molecule has 1 N–H and O–H groups in total. The van der Waals surface area contributed by atoms with Gasteiger partial charge in [-0.15, -0.1) is 0 Å². The minimum Gasteiger partial charge on any atom is -0.314 e. The molecule has 110 valence electrons. The highest BCUT2D eigenvalue weighted by molar-refractivity contribution is 4.90. The molecule has 0 saturated heterocycles. The van der Waals surface area contributed by atoms with Gasteiger partial charge in [0, 0.05) is 19.0 Å². The van der Waals surface area contributed by atoms with Gasteiger partial charge in [0.1, 0.15) is 12.2 Å². The zero-order valence-electron chi connectivity index (χ0n) is 13.0. The predicted octanol–water partition coefficient (Wildman–Crippen LogP) is 3.04. The molecule has 1 rings (SSSR count). The first kappa shape index (κ1) is 16.2. The van der Waals surface area contributed by atoms with Crippen molar-refractivity contribution in [1.29, 1.82) is 0 Å². The van der Waals surface area contributed by atoms with Crippen LogP contribution in [0.5, 0.6) is 0 Å². The van der Waals surface area contributed by atoms with Crippen LogP contribution in [0, 0.1) is 5.92 Å². The molecule has 1 unspecified atom stereocenters. The second-order valence-electron chi connectivity index (χ2n) is 5.75. The van der Waals surface area contributed by atoms with E-state index in [4.69, 9.17) is 0 Å². The van der Waals surface area contributed by atoms with E-state index in [0.717, 1.165) is 25.3 Å². The third kappa shape index (κ3) is 6.19. The van der Waals surface area contributed by atoms with Crippen molar-refractivity contribution in [3.05, 3.63) is 12.2 Å². The Hall–Kier alpha value is -0.900. The van der Waals surface area contributed by atoms with Crippen molar-refractivity contribution in [1.82, 2.24) is 20.1 Å². The second kappa shape index (κ2) is 9.08. The molecule has 1 aromatic heterocycles. The number of nitrogens with zero attached hydrogens (tertiary/aromatic N) is 3. The first-order valence-electron chi connectivity index (χ1n) is 7.77. The first-order chi connectivity index (χ1) is 9.17. The number of hydrogen-bond acceptors (Lipinski definition) is 3. The molecule has 0 aliphatic rings. The van der Waals surface area contributed by atoms with Gasteiger partial charge in [0.2, 0.25) is 0 Å². The smallest absolute Gasteiger partial charge is 0.138 e. The molecule has 4 nitrogen and oxygen atoms in total. The van der Waals surface area contributed by atoms with Crippen LogP contribution >= 0.6 is 0 Å². The van der Waals surface area contributed by atoms with Gasteiger partial charge in [-0.1, -0.05) is 40.5 Å². The van der Waals surface area contributed by atoms with Gasteiger partial charge in [0.25, 0.3) is 0 Å². The fourth-order valence-corrected chi connectivity index (χ4v) is 2.24. The molecular formula is C15H30N4. The molecule has 0 radical (unpaired) electrons. The number of hydrogen-bond donors (Lipinski definition) is 1. The molecule has 0 amide bonds. The van der Waals surface area contributed by atoms with E-state index in [0.29, 0.717) is 12.0 Å². The SMILES string of the molecule is CCCCC(Cc1ncnn1CC(C)C)NCCC. The van der Waals surface area contributed by atoms with Crippen LogP contribution in [-0.4, -0.2) is 27.4 Å². The van der Waals surface area contributed by atoms with Gasteiger partial charge in [-0.2, -0.15) is 5.10 Å². The topological polar surface area (TPSA) is 42.7 Å². The van der Waals surface area contributed by atoms with Crippen molar-refractivity contribution in [2.75, 3.05) is 6.54 Å². The highest BCUT2D eigenvalue weighted by Crippen LogP contribution is 2.09. The van der Waals surface area contributed by atoms with Gasteiger partial charge in [0.15, 0.2) is 0 Å². The number of rotatable bonds is 10. The van der Waals surface area contributed by atoms with Gasteiger partial charge in [-0.3, -0.25) is 0 Å². The minimum atomic E-state index is 0.537. The zero-order chi connectivity index (χ0) is 14.1. The zero-order valence-corrected chi connectivity index (χ0v) is 13.0. The summed E-state index contributed by atoms with van der Waals surface area (Å²) in [6.45, 7) is 10.9. The monoisotopic (exact) mass is 266 g/mol. The molecule has 0 bridgehead atoms. The van der Waals surface area contributed by atoms with Gasteiger partial charge < -0.3 is 5.32 Å². The molecule has 0 aromatic carbocycles. The average molecular weight is 266 g/mol. The Kier molecular flexibility index (Phi) is 7.72. The molecule has 0 spiro atoms. The summed E-state index contributed by atoms with van der Waals surface area (Å²) in [4.78, 5) is 4.44. The molecule has 1 heterocycles. The maximum atomic E-state index is 4.44. The number of aromatic nitrogens is 3. The fourth-order valence-electron chi connectivity index (χ4n) is 2.24. The van der Waals surface area contributed by atoms with Crippen molar-refractivity contribution in [2.45, 2.75) is 72.4 Å². The lowest BCUT2D eigenvalue weighted by Gasteiger charge is -2.18. The second-order valence-corrected chi connectivity index (χ2v) is 5.75. The summed E-state index contributed by atoms with van der Waals surface area (Å²) in [5.41, 5.74) is 0. The maximum Gasteiger partial charge on any atom is 0.138 e. The van der Waals surface area contributed by atoms with Gasteiger partial charge in [0.05, 0.1) is 0 Å². The molecule has 1 atom stereocenters. The quantitative estimate of drug-likeness (QED) is 0.708. The molecule has 0 aliphatic carbocycles. The summed E-state index contributed by atoms with van der Waals surface area (Å²) >= 11 is 0. The molecule has 19 heavy (non-hydrogen) atoms. The van der Waals surface area contributed by atoms with E-state index < -0.39 is 0 Å². The summed E-state index contributed by atoms with van der Waals surface area (Å²) < 4.78 is 2.07. The summed E-state index contributed by atoms with van der Waals surface area (Å²) in [6, 6.07) is 0.537. The van der Waals surface area contributed by atoms with E-state index in [1.807, 2.05) is 0 Å². The van der Waals surface area contributed by atoms with E-state index in [2.05, 4.69) is 47.8 Å². The predicted molar refractivity (Wildman–Crippen MR) is 80.2 cm³/mol. The van der Waals surface area contributed by atoms with Gasteiger partial charge in [-0.05, 0) is 25.3 Å². The van der Waals surface area contributed by atoms with Crippen LogP contribution in [0.1, 0.15) is 59.2 Å². The lowest BCUT2D eigenvalue weighted by molar-refractivity contribution is 0.421. The first-order valence-corrected chi connectivity index (χ1v) is 7.77. The Morgan fingerprint density at radius 3 is 2.68 bits per heavy atom. The maximum absolute atomic E-state index is 4.44. The standard InChI is InChI=1S/C15H30N4/c1-5-7-8-14(16-9-6-2)10-15-17-12-18-19(15)11-13(3)4/h12-14,16H,5-11H2,1-4H3. The lowest BCUT2D eigenvalue weighted by atomic mass is 10.1. The van der Waals surface area contributed by atoms with E-state index >= 15 is 0 Å². The minimum absolute atomic E-state index is 0.537. The van der Waals surface area contributed by atoms with Crippen molar-refractivity contribution < 1.29 is 0 Å². The Balaban J connectivity index is 2.58. The average Bonchev–Trinajstić information content (AvgIpc) is 2.79. The summed E-state index contributed by atoms with van der Waals surface area (Å²) in [6.07, 6.45) is 7.62. The fraction of sp³-hybridized carbons (Fsp3) is 0.867. The van der Waals surface area contributed by atoms with Crippen LogP contribution in [0.2, 0.25) is 0 Å². The largest absolute Gasteiger partial charge is 0.314 e. The van der Waals surface area contributed by atoms with Crippen LogP contribution in [0.4, 0.5) is 0 Å². The van der Waals surface area contributed by atoms with Crippen molar-refractivity contribution in [3.63, 3.8) is 0 Å². The van der Waals surface area contributed by atoms with Crippen LogP contribution in [-0.2, 0) is 13.0 Å². The Morgan fingerprint density at radius 2 is 2.05 bits per heavy atom. The van der Waals surface area contributed by atoms with Crippen LogP contribution in [0.25, 0.3) is 0 Å². The Morgan fingerprint density at radius 1 is 1.26 bits per heavy atom.